The van der Waals surface area contributed by atoms with E-state index in [-0.39, 0.29) is 11.4 Å². The summed E-state index contributed by atoms with van der Waals surface area (Å²) in [6, 6.07) is 9.36. The molecule has 0 unspecified atom stereocenters. The third-order valence-electron chi connectivity index (χ3n) is 2.18. The molecule has 6 heteroatoms. The van der Waals surface area contributed by atoms with E-state index in [9.17, 15) is 13.2 Å². The standard InChI is InChI=1S/C12H7F3N2O/c13-12(14,15)7-18-10-3-4-11-8(5-10)1-2-9(6-16)17-11/h1-5H,7H2. The van der Waals surface area contributed by atoms with Crippen LogP contribution in [-0.4, -0.2) is 17.8 Å². The van der Waals surface area contributed by atoms with E-state index < -0.39 is 12.8 Å². The molecule has 0 aliphatic carbocycles. The minimum Gasteiger partial charge on any atom is -0.484 e. The number of nitrogens with zero attached hydrogens (tertiary/aromatic N) is 2. The molecule has 1 heterocycles. The van der Waals surface area contributed by atoms with Gasteiger partial charge in [0.1, 0.15) is 17.5 Å². The number of nitriles is 1. The summed E-state index contributed by atoms with van der Waals surface area (Å²) < 4.78 is 40.6. The highest BCUT2D eigenvalue weighted by Gasteiger charge is 2.28. The summed E-state index contributed by atoms with van der Waals surface area (Å²) in [6.45, 7) is -1.33. The molecule has 2 rings (SSSR count). The first kappa shape index (κ1) is 12.2. The van der Waals surface area contributed by atoms with Crippen molar-refractivity contribution in [3.63, 3.8) is 0 Å². The van der Waals surface area contributed by atoms with Crippen LogP contribution in [0.1, 0.15) is 5.69 Å². The smallest absolute Gasteiger partial charge is 0.422 e. The van der Waals surface area contributed by atoms with Gasteiger partial charge >= 0.3 is 6.18 Å². The normalized spacial score (nSPS) is 11.2. The average molecular weight is 252 g/mol. The van der Waals surface area contributed by atoms with Crippen LogP contribution < -0.4 is 4.74 Å². The summed E-state index contributed by atoms with van der Waals surface area (Å²) in [6.07, 6.45) is -4.36. The Morgan fingerprint density at radius 2 is 2.00 bits per heavy atom. The van der Waals surface area contributed by atoms with Crippen molar-refractivity contribution in [1.82, 2.24) is 4.98 Å². The van der Waals surface area contributed by atoms with Crippen LogP contribution in [0, 0.1) is 11.3 Å². The maximum Gasteiger partial charge on any atom is 0.422 e. The van der Waals surface area contributed by atoms with Crippen molar-refractivity contribution in [3.8, 4) is 11.8 Å². The number of halogens is 3. The Balaban J connectivity index is 2.26. The lowest BCUT2D eigenvalue weighted by molar-refractivity contribution is -0.153. The lowest BCUT2D eigenvalue weighted by Crippen LogP contribution is -2.19. The van der Waals surface area contributed by atoms with Crippen LogP contribution in [0.5, 0.6) is 5.75 Å². The second kappa shape index (κ2) is 4.53. The first-order valence-corrected chi connectivity index (χ1v) is 4.98. The number of ether oxygens (including phenoxy) is 1. The minimum atomic E-state index is -4.36. The van der Waals surface area contributed by atoms with Crippen molar-refractivity contribution >= 4 is 10.9 Å². The molecule has 0 saturated heterocycles. The fourth-order valence-electron chi connectivity index (χ4n) is 1.42. The summed E-state index contributed by atoms with van der Waals surface area (Å²) in [5.74, 6) is 0.117. The second-order valence-electron chi connectivity index (χ2n) is 3.57. The summed E-state index contributed by atoms with van der Waals surface area (Å²) >= 11 is 0. The Hall–Kier alpha value is -2.29. The van der Waals surface area contributed by atoms with Gasteiger partial charge < -0.3 is 4.74 Å². The number of rotatable bonds is 2. The van der Waals surface area contributed by atoms with Gasteiger partial charge in [-0.25, -0.2) is 4.98 Å². The molecule has 18 heavy (non-hydrogen) atoms. The van der Waals surface area contributed by atoms with Crippen LogP contribution in [0.2, 0.25) is 0 Å². The van der Waals surface area contributed by atoms with Crippen LogP contribution in [0.15, 0.2) is 30.3 Å². The molecule has 1 aromatic heterocycles. The van der Waals surface area contributed by atoms with E-state index in [2.05, 4.69) is 9.72 Å². The number of benzene rings is 1. The van der Waals surface area contributed by atoms with Crippen molar-refractivity contribution in [2.24, 2.45) is 0 Å². The summed E-state index contributed by atoms with van der Waals surface area (Å²) in [7, 11) is 0. The van der Waals surface area contributed by atoms with E-state index in [1.807, 2.05) is 6.07 Å². The lowest BCUT2D eigenvalue weighted by atomic mass is 10.2. The molecule has 0 N–H and O–H groups in total. The monoisotopic (exact) mass is 252 g/mol. The molecule has 0 bridgehead atoms. The Morgan fingerprint density at radius 3 is 2.67 bits per heavy atom. The van der Waals surface area contributed by atoms with Crippen LogP contribution >= 0.6 is 0 Å². The van der Waals surface area contributed by atoms with E-state index in [4.69, 9.17) is 5.26 Å². The summed E-state index contributed by atoms with van der Waals surface area (Å²) in [4.78, 5) is 4.00. The Bertz CT molecular complexity index is 617. The van der Waals surface area contributed by atoms with Gasteiger partial charge in [0.2, 0.25) is 0 Å². The van der Waals surface area contributed by atoms with Gasteiger partial charge in [0, 0.05) is 5.39 Å². The molecular weight excluding hydrogens is 245 g/mol. The second-order valence-corrected chi connectivity index (χ2v) is 3.57. The van der Waals surface area contributed by atoms with Gasteiger partial charge in [-0.15, -0.1) is 0 Å². The maximum atomic E-state index is 12.0. The Kier molecular flexibility index (Phi) is 3.06. The fourth-order valence-corrected chi connectivity index (χ4v) is 1.42. The molecule has 0 aliphatic heterocycles. The third-order valence-corrected chi connectivity index (χ3v) is 2.18. The number of hydrogen-bond acceptors (Lipinski definition) is 3. The van der Waals surface area contributed by atoms with Crippen LogP contribution in [0.25, 0.3) is 10.9 Å². The average Bonchev–Trinajstić information content (AvgIpc) is 2.34. The van der Waals surface area contributed by atoms with E-state index in [0.29, 0.717) is 10.9 Å². The molecule has 1 aromatic carbocycles. The largest absolute Gasteiger partial charge is 0.484 e. The van der Waals surface area contributed by atoms with Crippen molar-refractivity contribution in [2.45, 2.75) is 6.18 Å². The molecule has 0 spiro atoms. The van der Waals surface area contributed by atoms with E-state index >= 15 is 0 Å². The number of fused-ring (bicyclic) bond motifs is 1. The zero-order valence-electron chi connectivity index (χ0n) is 9.03. The minimum absolute atomic E-state index is 0.117. The predicted molar refractivity (Wildman–Crippen MR) is 58.0 cm³/mol. The highest BCUT2D eigenvalue weighted by atomic mass is 19.4. The van der Waals surface area contributed by atoms with Gasteiger partial charge in [-0.3, -0.25) is 0 Å². The van der Waals surface area contributed by atoms with E-state index in [1.54, 1.807) is 6.07 Å². The van der Waals surface area contributed by atoms with Crippen molar-refractivity contribution in [1.29, 1.82) is 5.26 Å². The number of aromatic nitrogens is 1. The topological polar surface area (TPSA) is 45.9 Å². The van der Waals surface area contributed by atoms with Gasteiger partial charge in [-0.2, -0.15) is 18.4 Å². The SMILES string of the molecule is N#Cc1ccc2cc(OCC(F)(F)F)ccc2n1. The van der Waals surface area contributed by atoms with E-state index in [1.165, 1.54) is 24.3 Å². The zero-order valence-corrected chi connectivity index (χ0v) is 9.03. The molecule has 0 atom stereocenters. The fraction of sp³-hybridized carbons (Fsp3) is 0.167. The quantitative estimate of drug-likeness (QED) is 0.825. The molecule has 0 saturated carbocycles. The van der Waals surface area contributed by atoms with Gasteiger partial charge in [0.25, 0.3) is 0 Å². The predicted octanol–water partition coefficient (Wildman–Crippen LogP) is 3.05. The number of alkyl halides is 3. The number of pyridine rings is 1. The molecule has 92 valence electrons. The van der Waals surface area contributed by atoms with Gasteiger partial charge in [-0.1, -0.05) is 0 Å². The summed E-state index contributed by atoms with van der Waals surface area (Å²) in [5, 5.41) is 9.28. The number of hydrogen-bond donors (Lipinski definition) is 0. The molecule has 0 fully saturated rings. The molecular formula is C12H7F3N2O. The van der Waals surface area contributed by atoms with E-state index in [0.717, 1.165) is 0 Å². The zero-order chi connectivity index (χ0) is 13.2. The van der Waals surface area contributed by atoms with Crippen molar-refractivity contribution in [2.75, 3.05) is 6.61 Å². The first-order chi connectivity index (χ1) is 8.48. The molecule has 0 radical (unpaired) electrons. The van der Waals surface area contributed by atoms with Crippen LogP contribution in [0.4, 0.5) is 13.2 Å². The Labute approximate surface area is 100 Å². The summed E-state index contributed by atoms with van der Waals surface area (Å²) in [5.41, 5.74) is 0.792. The molecule has 2 aromatic rings. The van der Waals surface area contributed by atoms with Crippen LogP contribution in [-0.2, 0) is 0 Å². The van der Waals surface area contributed by atoms with Crippen molar-refractivity contribution < 1.29 is 17.9 Å². The van der Waals surface area contributed by atoms with Gasteiger partial charge in [-0.05, 0) is 30.3 Å². The Morgan fingerprint density at radius 1 is 1.22 bits per heavy atom. The van der Waals surface area contributed by atoms with Crippen molar-refractivity contribution in [3.05, 3.63) is 36.0 Å². The van der Waals surface area contributed by atoms with Gasteiger partial charge in [0.05, 0.1) is 5.52 Å². The first-order valence-electron chi connectivity index (χ1n) is 4.98. The molecule has 0 amide bonds. The lowest BCUT2D eigenvalue weighted by Gasteiger charge is -2.09. The van der Waals surface area contributed by atoms with Gasteiger partial charge in [0.15, 0.2) is 6.61 Å². The molecule has 3 nitrogen and oxygen atoms in total. The van der Waals surface area contributed by atoms with Crippen LogP contribution in [0.3, 0.4) is 0 Å². The maximum absolute atomic E-state index is 12.0. The third kappa shape index (κ3) is 2.88. The molecule has 0 aliphatic rings. The highest BCUT2D eigenvalue weighted by Crippen LogP contribution is 2.22. The highest BCUT2D eigenvalue weighted by molar-refractivity contribution is 5.80.